The number of fused-ring (bicyclic) bond motifs is 1. The van der Waals surface area contributed by atoms with Gasteiger partial charge in [-0.3, -0.25) is 0 Å². The Morgan fingerprint density at radius 2 is 2.00 bits per heavy atom. The first-order chi connectivity index (χ1) is 9.93. The number of hydrogen-bond donors (Lipinski definition) is 1. The van der Waals surface area contributed by atoms with Gasteiger partial charge >= 0.3 is 0 Å². The fourth-order valence-corrected chi connectivity index (χ4v) is 5.03. The minimum absolute atomic E-state index is 0.184. The highest BCUT2D eigenvalue weighted by atomic mass is 32.2. The molecule has 0 unspecified atom stereocenters. The minimum atomic E-state index is -3.46. The molecule has 3 rings (SSSR count). The smallest absolute Gasteiger partial charge is 0.245 e. The number of aromatic nitrogens is 1. The molecule has 2 aromatic rings. The molecule has 1 aromatic carbocycles. The third-order valence-corrected chi connectivity index (χ3v) is 6.31. The molecule has 0 amide bonds. The van der Waals surface area contributed by atoms with Crippen LogP contribution < -0.4 is 5.32 Å². The molecule has 0 radical (unpaired) electrons. The number of para-hydroxylation sites is 1. The van der Waals surface area contributed by atoms with E-state index in [4.69, 9.17) is 0 Å². The highest BCUT2D eigenvalue weighted by Crippen LogP contribution is 2.31. The summed E-state index contributed by atoms with van der Waals surface area (Å²) in [7, 11) is -1.55. The Morgan fingerprint density at radius 3 is 2.71 bits per heavy atom. The van der Waals surface area contributed by atoms with Gasteiger partial charge in [-0.05, 0) is 19.9 Å². The molecule has 2 heterocycles. The van der Waals surface area contributed by atoms with Crippen LogP contribution in [0.15, 0.2) is 29.2 Å². The second-order valence-electron chi connectivity index (χ2n) is 5.71. The van der Waals surface area contributed by atoms with Crippen LogP contribution in [0.3, 0.4) is 0 Å². The van der Waals surface area contributed by atoms with Gasteiger partial charge in [-0.1, -0.05) is 18.2 Å². The Hall–Kier alpha value is -1.37. The monoisotopic (exact) mass is 307 g/mol. The Kier molecular flexibility index (Phi) is 3.55. The lowest BCUT2D eigenvalue weighted by Gasteiger charge is -2.31. The maximum atomic E-state index is 13.1. The molecule has 114 valence electrons. The van der Waals surface area contributed by atoms with E-state index < -0.39 is 10.0 Å². The molecule has 6 heteroatoms. The fraction of sp³-hybridized carbons (Fsp3) is 0.467. The Bertz CT molecular complexity index is 780. The lowest BCUT2D eigenvalue weighted by atomic mass is 10.2. The van der Waals surface area contributed by atoms with Crippen molar-refractivity contribution >= 4 is 20.9 Å². The Labute approximate surface area is 125 Å². The molecule has 21 heavy (non-hydrogen) atoms. The average Bonchev–Trinajstić information content (AvgIpc) is 2.72. The van der Waals surface area contributed by atoms with E-state index in [1.54, 1.807) is 4.31 Å². The molecule has 1 N–H and O–H groups in total. The summed E-state index contributed by atoms with van der Waals surface area (Å²) >= 11 is 0. The first kappa shape index (κ1) is 14.6. The number of piperazine rings is 1. The quantitative estimate of drug-likeness (QED) is 0.914. The van der Waals surface area contributed by atoms with Crippen molar-refractivity contribution < 1.29 is 8.42 Å². The molecule has 0 bridgehead atoms. The van der Waals surface area contributed by atoms with Gasteiger partial charge in [-0.2, -0.15) is 4.31 Å². The first-order valence-electron chi connectivity index (χ1n) is 7.20. The highest BCUT2D eigenvalue weighted by molar-refractivity contribution is 7.89. The normalized spacial score (nSPS) is 21.0. The van der Waals surface area contributed by atoms with E-state index in [-0.39, 0.29) is 6.04 Å². The molecule has 1 fully saturated rings. The summed E-state index contributed by atoms with van der Waals surface area (Å²) in [6, 6.07) is 7.86. The SMILES string of the molecule is Cc1c(S(=O)(=O)N2CCN[C@H](C)C2)c2ccccc2n1C. The van der Waals surface area contributed by atoms with Crippen LogP contribution in [0.4, 0.5) is 0 Å². The van der Waals surface area contributed by atoms with Crippen LogP contribution in [0.2, 0.25) is 0 Å². The average molecular weight is 307 g/mol. The zero-order chi connectivity index (χ0) is 15.2. The number of hydrogen-bond acceptors (Lipinski definition) is 3. The van der Waals surface area contributed by atoms with Crippen LogP contribution in [-0.2, 0) is 17.1 Å². The maximum Gasteiger partial charge on any atom is 0.245 e. The van der Waals surface area contributed by atoms with Crippen molar-refractivity contribution in [1.29, 1.82) is 0 Å². The zero-order valence-electron chi connectivity index (χ0n) is 12.6. The summed E-state index contributed by atoms with van der Waals surface area (Å²) in [5, 5.41) is 4.09. The topological polar surface area (TPSA) is 54.3 Å². The van der Waals surface area contributed by atoms with E-state index >= 15 is 0 Å². The van der Waals surface area contributed by atoms with Crippen LogP contribution in [0.5, 0.6) is 0 Å². The second kappa shape index (κ2) is 5.12. The molecule has 5 nitrogen and oxygen atoms in total. The van der Waals surface area contributed by atoms with Gasteiger partial charge in [0.05, 0.1) is 0 Å². The van der Waals surface area contributed by atoms with Crippen LogP contribution in [0, 0.1) is 6.92 Å². The summed E-state index contributed by atoms with van der Waals surface area (Å²) in [5.74, 6) is 0. The van der Waals surface area contributed by atoms with E-state index in [1.165, 1.54) is 0 Å². The fourth-order valence-electron chi connectivity index (χ4n) is 3.06. The van der Waals surface area contributed by atoms with Crippen LogP contribution in [0.25, 0.3) is 10.9 Å². The zero-order valence-corrected chi connectivity index (χ0v) is 13.4. The largest absolute Gasteiger partial charge is 0.347 e. The Balaban J connectivity index is 2.17. The van der Waals surface area contributed by atoms with E-state index in [0.717, 1.165) is 16.6 Å². The lowest BCUT2D eigenvalue weighted by molar-refractivity contribution is 0.310. The predicted molar refractivity (Wildman–Crippen MR) is 83.9 cm³/mol. The molecule has 1 atom stereocenters. The molecule has 0 aliphatic carbocycles. The van der Waals surface area contributed by atoms with E-state index in [2.05, 4.69) is 5.32 Å². The number of aryl methyl sites for hydroxylation is 1. The van der Waals surface area contributed by atoms with Crippen molar-refractivity contribution in [3.63, 3.8) is 0 Å². The van der Waals surface area contributed by atoms with Gasteiger partial charge in [-0.25, -0.2) is 8.42 Å². The molecule has 1 aliphatic heterocycles. The van der Waals surface area contributed by atoms with E-state index in [9.17, 15) is 8.42 Å². The third-order valence-electron chi connectivity index (χ3n) is 4.27. The summed E-state index contributed by atoms with van der Waals surface area (Å²) < 4.78 is 29.7. The number of benzene rings is 1. The van der Waals surface area contributed by atoms with Gasteiger partial charge in [0.1, 0.15) is 4.90 Å². The maximum absolute atomic E-state index is 13.1. The molecular weight excluding hydrogens is 286 g/mol. The summed E-state index contributed by atoms with van der Waals surface area (Å²) in [4.78, 5) is 0.453. The van der Waals surface area contributed by atoms with Crippen LogP contribution in [-0.4, -0.2) is 43.0 Å². The number of nitrogens with zero attached hydrogens (tertiary/aromatic N) is 2. The van der Waals surface area contributed by atoms with Gasteiger partial charge in [-0.15, -0.1) is 0 Å². The standard InChI is InChI=1S/C15H21N3O2S/c1-11-10-18(9-8-16-11)21(19,20)15-12(2)17(3)14-7-5-4-6-13(14)15/h4-7,11,16H,8-10H2,1-3H3/t11-/m1/s1. The van der Waals surface area contributed by atoms with Gasteiger partial charge in [0.25, 0.3) is 0 Å². The molecule has 0 spiro atoms. The third kappa shape index (κ3) is 2.27. The van der Waals surface area contributed by atoms with Crippen molar-refractivity contribution in [1.82, 2.24) is 14.2 Å². The molecular formula is C15H21N3O2S. The van der Waals surface area contributed by atoms with Crippen molar-refractivity contribution in [2.75, 3.05) is 19.6 Å². The summed E-state index contributed by atoms with van der Waals surface area (Å²) in [6.45, 7) is 5.63. The van der Waals surface area contributed by atoms with E-state index in [0.29, 0.717) is 24.5 Å². The van der Waals surface area contributed by atoms with Crippen molar-refractivity contribution in [2.24, 2.45) is 7.05 Å². The summed E-state index contributed by atoms with van der Waals surface area (Å²) in [6.07, 6.45) is 0. The second-order valence-corrected chi connectivity index (χ2v) is 7.58. The lowest BCUT2D eigenvalue weighted by Crippen LogP contribution is -2.51. The van der Waals surface area contributed by atoms with Crippen LogP contribution >= 0.6 is 0 Å². The van der Waals surface area contributed by atoms with Gasteiger partial charge in [0.2, 0.25) is 10.0 Å². The Morgan fingerprint density at radius 1 is 1.29 bits per heavy atom. The van der Waals surface area contributed by atoms with Gasteiger partial charge in [0, 0.05) is 49.3 Å². The molecule has 1 saturated heterocycles. The number of nitrogens with one attached hydrogen (secondary N) is 1. The van der Waals surface area contributed by atoms with Crippen LogP contribution in [0.1, 0.15) is 12.6 Å². The minimum Gasteiger partial charge on any atom is -0.347 e. The first-order valence-corrected chi connectivity index (χ1v) is 8.64. The molecule has 0 saturated carbocycles. The number of rotatable bonds is 2. The van der Waals surface area contributed by atoms with E-state index in [1.807, 2.05) is 49.7 Å². The van der Waals surface area contributed by atoms with Crippen molar-refractivity contribution in [3.05, 3.63) is 30.0 Å². The van der Waals surface area contributed by atoms with Gasteiger partial charge < -0.3 is 9.88 Å². The number of sulfonamides is 1. The van der Waals surface area contributed by atoms with Crippen molar-refractivity contribution in [2.45, 2.75) is 24.8 Å². The molecule has 1 aromatic heterocycles. The molecule has 1 aliphatic rings. The summed E-state index contributed by atoms with van der Waals surface area (Å²) in [5.41, 5.74) is 1.75. The predicted octanol–water partition coefficient (Wildman–Crippen LogP) is 1.47. The van der Waals surface area contributed by atoms with Crippen molar-refractivity contribution in [3.8, 4) is 0 Å². The highest BCUT2D eigenvalue weighted by Gasteiger charge is 2.32. The van der Waals surface area contributed by atoms with Gasteiger partial charge in [0.15, 0.2) is 0 Å².